The highest BCUT2D eigenvalue weighted by Crippen LogP contribution is 2.54. The summed E-state index contributed by atoms with van der Waals surface area (Å²) in [7, 11) is -5.02. The maximum Gasteiger partial charge on any atom is 0.475 e. The number of imidazole rings is 2. The van der Waals surface area contributed by atoms with E-state index in [1.165, 1.54) is 0 Å². The topological polar surface area (TPSA) is 442 Å². The van der Waals surface area contributed by atoms with E-state index in [-0.39, 0.29) is 58.3 Å². The molecule has 558 valence electrons. The number of aromatic amines is 3. The molecule has 0 saturated carbocycles. The van der Waals surface area contributed by atoms with Gasteiger partial charge in [0.05, 0.1) is 43.1 Å². The largest absolute Gasteiger partial charge is 0.475 e. The fraction of sp³-hybridized carbons (Fsp3) is 0.492. The molecule has 13 unspecified atom stereocenters. The van der Waals surface area contributed by atoms with Crippen molar-refractivity contribution >= 4 is 77.7 Å². The molecule has 2 amide bonds. The van der Waals surface area contributed by atoms with Crippen molar-refractivity contribution in [3.05, 3.63) is 147 Å². The first-order valence-corrected chi connectivity index (χ1v) is 33.9. The fourth-order valence-electron chi connectivity index (χ4n) is 11.0. The maximum atomic E-state index is 16.8. The minimum Gasteiger partial charge on any atom is -0.454 e. The number of benzene rings is 2. The Kier molecular flexibility index (Phi) is 24.8. The summed E-state index contributed by atoms with van der Waals surface area (Å²) in [6, 6.07) is 7.38. The highest BCUT2D eigenvalue weighted by atomic mass is 31.2. The number of aliphatic hydroxyl groups excluding tert-OH is 1. The van der Waals surface area contributed by atoms with Gasteiger partial charge >= 0.3 is 37.4 Å². The molecule has 0 bridgehead atoms. The normalized spacial score (nSPS) is 22.7. The SMILES string of the molecule is Cc1cc(C(=O)OCC(=O)OC2C(CO)OC(n3cnc4c(=O)[nH]c(NC(=O)C(C)C)nc43)C2F)cc(C)c1C.[C-]#[N+]CCOP(=O)(OCC1OC(n2cnc3c(=O)[nH]c(NC(=O)C(C)C)nc32)C(F)C1OC(=O)COC(=O)c1cc(C)c(C)c(C)c1)OC1C(CC)OC(n2ccc(=O)[nH]c2=O)C1F. The Labute approximate surface area is 587 Å². The van der Waals surface area contributed by atoms with Crippen LogP contribution >= 0.6 is 7.82 Å². The third kappa shape index (κ3) is 17.6. The molecule has 0 radical (unpaired) electrons. The Bertz CT molecular complexity index is 4710. The highest BCUT2D eigenvalue weighted by molar-refractivity contribution is 7.48. The van der Waals surface area contributed by atoms with Crippen LogP contribution in [0.5, 0.6) is 0 Å². The second-order valence-corrected chi connectivity index (χ2v) is 26.6. The average molecular weight is 1480 g/mol. The number of phosphoric ester groups is 1. The third-order valence-corrected chi connectivity index (χ3v) is 18.5. The van der Waals surface area contributed by atoms with Crippen LogP contribution in [0, 0.1) is 60.0 Å². The van der Waals surface area contributed by atoms with Gasteiger partial charge in [-0.3, -0.25) is 76.8 Å². The minimum absolute atomic E-state index is 0.0447. The number of hydrogen-bond donors (Lipinski definition) is 6. The van der Waals surface area contributed by atoms with Gasteiger partial charge in [-0.05, 0) is 106 Å². The number of hydrogen-bond acceptors (Lipinski definition) is 26. The summed E-state index contributed by atoms with van der Waals surface area (Å²) in [5, 5.41) is 14.7. The lowest BCUT2D eigenvalue weighted by molar-refractivity contribution is -0.159. The molecule has 39 heteroatoms. The van der Waals surface area contributed by atoms with Crippen LogP contribution in [0.3, 0.4) is 0 Å². The Balaban J connectivity index is 0.000000268. The number of aliphatic hydroxyl groups is 1. The van der Waals surface area contributed by atoms with Crippen molar-refractivity contribution < 1.29 is 98.3 Å². The van der Waals surface area contributed by atoms with Gasteiger partial charge in [-0.25, -0.2) is 58.2 Å². The number of esters is 4. The molecule has 6 N–H and O–H groups in total. The number of aromatic nitrogens is 10. The Morgan fingerprint density at radius 1 is 0.644 bits per heavy atom. The summed E-state index contributed by atoms with van der Waals surface area (Å²) in [5.74, 6) is -6.23. The summed E-state index contributed by atoms with van der Waals surface area (Å²) in [6.07, 6.45) is -17.8. The Hall–Kier alpha value is -10.1. The van der Waals surface area contributed by atoms with Crippen LogP contribution in [-0.2, 0) is 70.5 Å². The third-order valence-electron chi connectivity index (χ3n) is 17.1. The summed E-state index contributed by atoms with van der Waals surface area (Å²) >= 11 is 0. The van der Waals surface area contributed by atoms with Gasteiger partial charge in [-0.1, -0.05) is 34.6 Å². The van der Waals surface area contributed by atoms with Gasteiger partial charge in [-0.2, -0.15) is 9.97 Å². The number of H-pyrrole nitrogens is 3. The number of carbonyl (C=O) groups is 6. The van der Waals surface area contributed by atoms with Crippen LogP contribution < -0.4 is 33.0 Å². The fourth-order valence-corrected chi connectivity index (χ4v) is 12.3. The number of nitrogens with one attached hydrogen (secondary N) is 5. The number of phosphoric acid groups is 1. The second-order valence-electron chi connectivity index (χ2n) is 25.0. The lowest BCUT2D eigenvalue weighted by atomic mass is 10.0. The first kappa shape index (κ1) is 78.0. The number of halogens is 3. The molecular weight excluding hydrogens is 1400 g/mol. The summed E-state index contributed by atoms with van der Waals surface area (Å²) in [4.78, 5) is 151. The van der Waals surface area contributed by atoms with Crippen molar-refractivity contribution in [3.8, 4) is 0 Å². The molecule has 0 spiro atoms. The highest BCUT2D eigenvalue weighted by Gasteiger charge is 2.54. The quantitative estimate of drug-likeness (QED) is 0.0145. The number of ether oxygens (including phenoxy) is 7. The Morgan fingerprint density at radius 3 is 1.51 bits per heavy atom. The van der Waals surface area contributed by atoms with Crippen molar-refractivity contribution in [2.45, 2.75) is 156 Å². The zero-order valence-corrected chi connectivity index (χ0v) is 58.7. The molecule has 13 atom stereocenters. The van der Waals surface area contributed by atoms with Crippen molar-refractivity contribution in [1.82, 2.24) is 48.6 Å². The van der Waals surface area contributed by atoms with E-state index in [4.69, 9.17) is 53.3 Å². The predicted octanol–water partition coefficient (Wildman–Crippen LogP) is 4.92. The van der Waals surface area contributed by atoms with Crippen LogP contribution in [0.25, 0.3) is 27.2 Å². The van der Waals surface area contributed by atoms with Crippen molar-refractivity contribution in [3.63, 3.8) is 0 Å². The molecule has 0 aliphatic carbocycles. The zero-order valence-electron chi connectivity index (χ0n) is 57.8. The molecule has 35 nitrogen and oxygen atoms in total. The number of alkyl halides is 3. The molecule has 104 heavy (non-hydrogen) atoms. The molecule has 10 rings (SSSR count). The zero-order chi connectivity index (χ0) is 75.9. The van der Waals surface area contributed by atoms with Gasteiger partial charge in [0.15, 0.2) is 84.9 Å². The first-order valence-electron chi connectivity index (χ1n) is 32.4. The van der Waals surface area contributed by atoms with Gasteiger partial charge in [0.25, 0.3) is 16.7 Å². The molecule has 3 aliphatic rings. The second kappa shape index (κ2) is 33.1. The van der Waals surface area contributed by atoms with Crippen LogP contribution in [-0.4, -0.2) is 184 Å². The van der Waals surface area contributed by atoms with Crippen LogP contribution in [0.2, 0.25) is 0 Å². The van der Waals surface area contributed by atoms with Crippen molar-refractivity contribution in [2.75, 3.05) is 50.2 Å². The number of amides is 2. The number of carbonyl (C=O) groups excluding carboxylic acids is 6. The van der Waals surface area contributed by atoms with E-state index >= 15 is 13.2 Å². The van der Waals surface area contributed by atoms with Crippen LogP contribution in [0.15, 0.2) is 68.4 Å². The van der Waals surface area contributed by atoms with Gasteiger partial charge in [-0.15, -0.1) is 0 Å². The molecule has 3 aliphatic heterocycles. The smallest absolute Gasteiger partial charge is 0.454 e. The lowest BCUT2D eigenvalue weighted by Crippen LogP contribution is -2.38. The number of aryl methyl sites for hydroxylation is 4. The Morgan fingerprint density at radius 2 is 1.08 bits per heavy atom. The predicted molar refractivity (Wildman–Crippen MR) is 356 cm³/mol. The standard InChI is InChI=1S/C39H45F2N8O14P.C26H30FN5O8/c1-8-23-31(28(41)35(60-23)48-11-9-25(50)44-39(48)55)63-64(56,58-12-10-42-7)59-15-24-30(62-26(51)16-57-37(54)22-13-19(4)21(6)20(5)14-22)27(40)36(61-24)49-17-43-29-32(49)45-38(47-34(29)53)46-33(52)18(2)3;1-11(2)22(35)30-26-29-21-19(23(36)31-26)28-10-32(21)24-18(27)20(16(8-33)39-24)40-17(34)9-38-25(37)15-6-12(3)14(5)13(4)7-15/h9,11,13-14,17-18,23-24,27-28,30-31,35-36H,8,10,12,15-16H2,1-6H3,(H,44,50,55)(H2,45,46,47,52,53);6-7,10-11,16,18,20,24,33H,8-9H2,1-5H3,(H2,29,30,31,35,36). The lowest BCUT2D eigenvalue weighted by Gasteiger charge is -2.26. The first-order chi connectivity index (χ1) is 49.2. The maximum absolute atomic E-state index is 16.8. The molecule has 7 aromatic rings. The molecule has 3 saturated heterocycles. The van der Waals surface area contributed by atoms with Gasteiger partial charge in [0.1, 0.15) is 24.9 Å². The van der Waals surface area contributed by atoms with E-state index < -0.39 is 185 Å². The molecule has 3 fully saturated rings. The van der Waals surface area contributed by atoms with E-state index in [0.717, 1.165) is 72.0 Å². The summed E-state index contributed by atoms with van der Waals surface area (Å²) in [5.41, 5.74) is 1.66. The minimum atomic E-state index is -5.02. The number of fused-ring (bicyclic) bond motifs is 2. The van der Waals surface area contributed by atoms with Crippen molar-refractivity contribution in [2.24, 2.45) is 11.8 Å². The molecule has 8 heterocycles. The average Bonchev–Trinajstić information content (AvgIpc) is 1.66. The van der Waals surface area contributed by atoms with Gasteiger partial charge < -0.3 is 43.1 Å². The molecular formula is C65H75F3N13O22P. The molecule has 5 aromatic heterocycles. The van der Waals surface area contributed by atoms with Gasteiger partial charge in [0, 0.05) is 24.1 Å². The molecule has 2 aromatic carbocycles. The van der Waals surface area contributed by atoms with E-state index in [1.807, 2.05) is 32.7 Å². The van der Waals surface area contributed by atoms with Crippen LogP contribution in [0.1, 0.15) is 114 Å². The van der Waals surface area contributed by atoms with E-state index in [1.54, 1.807) is 72.7 Å². The van der Waals surface area contributed by atoms with Crippen molar-refractivity contribution in [1.29, 1.82) is 0 Å². The van der Waals surface area contributed by atoms with Crippen LogP contribution in [0.4, 0.5) is 25.1 Å². The number of nitrogens with zero attached hydrogens (tertiary/aromatic N) is 8. The van der Waals surface area contributed by atoms with E-state index in [2.05, 4.69) is 45.4 Å². The number of anilines is 2. The summed E-state index contributed by atoms with van der Waals surface area (Å²) in [6.45, 7) is 21.9. The van der Waals surface area contributed by atoms with Gasteiger partial charge in [0.2, 0.25) is 30.3 Å². The van der Waals surface area contributed by atoms with E-state index in [9.17, 15) is 57.6 Å². The monoisotopic (exact) mass is 1480 g/mol. The number of rotatable bonds is 25. The van der Waals surface area contributed by atoms with E-state index in [0.29, 0.717) is 0 Å². The summed E-state index contributed by atoms with van der Waals surface area (Å²) < 4.78 is 121.